The number of nitrogens with one attached hydrogen (secondary N) is 2. The van der Waals surface area contributed by atoms with E-state index in [1.54, 1.807) is 12.4 Å². The summed E-state index contributed by atoms with van der Waals surface area (Å²) in [5, 5.41) is 0. The molecule has 0 aliphatic carbocycles. The van der Waals surface area contributed by atoms with Crippen molar-refractivity contribution in [3.8, 4) is 0 Å². The first-order chi connectivity index (χ1) is 14.5. The molecule has 0 aliphatic rings. The van der Waals surface area contributed by atoms with Crippen molar-refractivity contribution in [1.29, 1.82) is 0 Å². The van der Waals surface area contributed by atoms with Crippen LogP contribution in [0.1, 0.15) is 81.3 Å². The lowest BCUT2D eigenvalue weighted by Crippen LogP contribution is -2.26. The number of H-pyrrole nitrogens is 2. The molecule has 0 saturated heterocycles. The van der Waals surface area contributed by atoms with Crippen molar-refractivity contribution >= 4 is 11.9 Å². The number of rotatable bonds is 14. The zero-order valence-corrected chi connectivity index (χ0v) is 18.3. The molecule has 8 nitrogen and oxygen atoms in total. The molecule has 0 fully saturated rings. The molecule has 0 spiro atoms. The lowest BCUT2D eigenvalue weighted by Gasteiger charge is -2.18. The van der Waals surface area contributed by atoms with Crippen LogP contribution in [0.4, 0.5) is 0 Å². The van der Waals surface area contributed by atoms with Gasteiger partial charge in [0, 0.05) is 30.2 Å². The Kier molecular flexibility index (Phi) is 10.1. The Morgan fingerprint density at radius 2 is 1.30 bits per heavy atom. The molecule has 2 aromatic heterocycles. The minimum Gasteiger partial charge on any atom is -0.425 e. The number of aromatic amines is 2. The number of hydrogen-bond donors (Lipinski definition) is 2. The predicted octanol–water partition coefficient (Wildman–Crippen LogP) is 4.09. The predicted molar refractivity (Wildman–Crippen MR) is 113 cm³/mol. The van der Waals surface area contributed by atoms with Crippen LogP contribution in [0.25, 0.3) is 0 Å². The van der Waals surface area contributed by atoms with Crippen molar-refractivity contribution in [2.75, 3.05) is 0 Å². The van der Waals surface area contributed by atoms with Gasteiger partial charge in [0.25, 0.3) is 0 Å². The third-order valence-corrected chi connectivity index (χ3v) is 4.75. The van der Waals surface area contributed by atoms with E-state index in [-0.39, 0.29) is 12.8 Å². The highest BCUT2D eigenvalue weighted by Crippen LogP contribution is 2.14. The third kappa shape index (κ3) is 9.24. The SMILES string of the molecule is CCCCCCCCCC(OC(=O)Cc1cnc(C)[nH]1)OC(=O)Cc1cnc(C)[nH]1. The second-order valence-electron chi connectivity index (χ2n) is 7.66. The fraction of sp³-hybridized carbons (Fsp3) is 0.636. The Hall–Kier alpha value is -2.64. The van der Waals surface area contributed by atoms with Crippen molar-refractivity contribution < 1.29 is 19.1 Å². The van der Waals surface area contributed by atoms with Crippen LogP contribution in [0.15, 0.2) is 12.4 Å². The summed E-state index contributed by atoms with van der Waals surface area (Å²) in [6.07, 6.45) is 10.9. The van der Waals surface area contributed by atoms with Crippen LogP contribution >= 0.6 is 0 Å². The van der Waals surface area contributed by atoms with E-state index in [0.29, 0.717) is 17.8 Å². The topological polar surface area (TPSA) is 110 Å². The number of nitrogens with zero attached hydrogens (tertiary/aromatic N) is 2. The quantitative estimate of drug-likeness (QED) is 0.272. The van der Waals surface area contributed by atoms with Crippen LogP contribution in [-0.4, -0.2) is 38.2 Å². The first kappa shape index (κ1) is 23.6. The molecular weight excluding hydrogens is 384 g/mol. The van der Waals surface area contributed by atoms with Crippen LogP contribution < -0.4 is 0 Å². The van der Waals surface area contributed by atoms with Gasteiger partial charge >= 0.3 is 11.9 Å². The number of carbonyl (C=O) groups excluding carboxylic acids is 2. The molecule has 0 saturated carbocycles. The summed E-state index contributed by atoms with van der Waals surface area (Å²) in [4.78, 5) is 38.8. The van der Waals surface area contributed by atoms with E-state index < -0.39 is 18.2 Å². The van der Waals surface area contributed by atoms with Gasteiger partial charge in [-0.15, -0.1) is 0 Å². The van der Waals surface area contributed by atoms with Crippen LogP contribution in [0, 0.1) is 13.8 Å². The van der Waals surface area contributed by atoms with Gasteiger partial charge < -0.3 is 19.4 Å². The standard InChI is InChI=1S/C22H34N4O4/c1-4-5-6-7-8-9-10-11-22(29-20(27)12-18-14-23-16(2)25-18)30-21(28)13-19-15-24-17(3)26-19/h14-15,22H,4-13H2,1-3H3,(H,23,25)(H,24,26). The van der Waals surface area contributed by atoms with Gasteiger partial charge in [0.2, 0.25) is 6.29 Å². The Morgan fingerprint density at radius 3 is 1.73 bits per heavy atom. The summed E-state index contributed by atoms with van der Waals surface area (Å²) in [6, 6.07) is 0. The number of aromatic nitrogens is 4. The molecule has 166 valence electrons. The molecule has 2 rings (SSSR count). The molecular formula is C22H34N4O4. The molecule has 2 aromatic rings. The maximum Gasteiger partial charge on any atom is 0.314 e. The smallest absolute Gasteiger partial charge is 0.314 e. The first-order valence-corrected chi connectivity index (χ1v) is 10.9. The van der Waals surface area contributed by atoms with E-state index in [1.807, 2.05) is 13.8 Å². The van der Waals surface area contributed by atoms with Gasteiger partial charge in [-0.25, -0.2) is 9.97 Å². The van der Waals surface area contributed by atoms with Gasteiger partial charge in [0.05, 0.1) is 12.8 Å². The van der Waals surface area contributed by atoms with Gasteiger partial charge in [-0.2, -0.15) is 0 Å². The highest BCUT2D eigenvalue weighted by molar-refractivity contribution is 5.74. The minimum atomic E-state index is -0.881. The average molecular weight is 419 g/mol. The molecule has 0 radical (unpaired) electrons. The van der Waals surface area contributed by atoms with Gasteiger partial charge in [-0.1, -0.05) is 45.4 Å². The Morgan fingerprint density at radius 1 is 0.833 bits per heavy atom. The summed E-state index contributed by atoms with van der Waals surface area (Å²) in [7, 11) is 0. The van der Waals surface area contributed by atoms with Crippen LogP contribution in [-0.2, 0) is 31.9 Å². The number of aryl methyl sites for hydroxylation is 2. The molecule has 30 heavy (non-hydrogen) atoms. The molecule has 0 aliphatic heterocycles. The monoisotopic (exact) mass is 418 g/mol. The van der Waals surface area contributed by atoms with Gasteiger partial charge in [0.1, 0.15) is 11.6 Å². The van der Waals surface area contributed by atoms with Crippen molar-refractivity contribution in [1.82, 2.24) is 19.9 Å². The fourth-order valence-electron chi connectivity index (χ4n) is 3.22. The van der Waals surface area contributed by atoms with Crippen molar-refractivity contribution in [2.45, 2.75) is 91.3 Å². The van der Waals surface area contributed by atoms with Crippen LogP contribution in [0.3, 0.4) is 0 Å². The highest BCUT2D eigenvalue weighted by Gasteiger charge is 2.20. The first-order valence-electron chi connectivity index (χ1n) is 10.9. The van der Waals surface area contributed by atoms with Crippen LogP contribution in [0.2, 0.25) is 0 Å². The zero-order valence-electron chi connectivity index (χ0n) is 18.3. The molecule has 0 unspecified atom stereocenters. The number of esters is 2. The lowest BCUT2D eigenvalue weighted by atomic mass is 10.1. The second kappa shape index (κ2) is 12.8. The lowest BCUT2D eigenvalue weighted by molar-refractivity contribution is -0.188. The number of carbonyl (C=O) groups is 2. The zero-order chi connectivity index (χ0) is 21.8. The van der Waals surface area contributed by atoms with Crippen molar-refractivity contribution in [3.63, 3.8) is 0 Å². The Balaban J connectivity index is 1.82. The maximum atomic E-state index is 12.3. The largest absolute Gasteiger partial charge is 0.425 e. The number of unbranched alkanes of at least 4 members (excludes halogenated alkanes) is 6. The second-order valence-corrected chi connectivity index (χ2v) is 7.66. The molecule has 8 heteroatoms. The highest BCUT2D eigenvalue weighted by atomic mass is 16.7. The summed E-state index contributed by atoms with van der Waals surface area (Å²) in [5.74, 6) is 0.575. The van der Waals surface area contributed by atoms with E-state index >= 15 is 0 Å². The molecule has 2 heterocycles. The van der Waals surface area contributed by atoms with E-state index in [1.165, 1.54) is 25.7 Å². The third-order valence-electron chi connectivity index (χ3n) is 4.75. The van der Waals surface area contributed by atoms with E-state index in [4.69, 9.17) is 9.47 Å². The van der Waals surface area contributed by atoms with E-state index in [2.05, 4.69) is 26.9 Å². The summed E-state index contributed by atoms with van der Waals surface area (Å²) in [5.41, 5.74) is 1.35. The maximum absolute atomic E-state index is 12.3. The molecule has 0 aromatic carbocycles. The van der Waals surface area contributed by atoms with Gasteiger partial charge in [-0.3, -0.25) is 9.59 Å². The number of hydrogen-bond acceptors (Lipinski definition) is 6. The Bertz CT molecular complexity index is 727. The fourth-order valence-corrected chi connectivity index (χ4v) is 3.22. The normalized spacial score (nSPS) is 11.1. The van der Waals surface area contributed by atoms with Gasteiger partial charge in [0.15, 0.2) is 0 Å². The summed E-state index contributed by atoms with van der Waals surface area (Å²) < 4.78 is 10.9. The van der Waals surface area contributed by atoms with Crippen molar-refractivity contribution in [2.24, 2.45) is 0 Å². The van der Waals surface area contributed by atoms with Crippen LogP contribution in [0.5, 0.6) is 0 Å². The molecule has 0 atom stereocenters. The minimum absolute atomic E-state index is 0.0612. The van der Waals surface area contributed by atoms with Crippen molar-refractivity contribution in [3.05, 3.63) is 35.4 Å². The van der Waals surface area contributed by atoms with Gasteiger partial charge in [-0.05, 0) is 20.3 Å². The summed E-state index contributed by atoms with van der Waals surface area (Å²) >= 11 is 0. The number of ether oxygens (including phenoxy) is 2. The molecule has 2 N–H and O–H groups in total. The summed E-state index contributed by atoms with van der Waals surface area (Å²) in [6.45, 7) is 5.83. The molecule has 0 bridgehead atoms. The molecule has 0 amide bonds. The Labute approximate surface area is 178 Å². The van der Waals surface area contributed by atoms with E-state index in [0.717, 1.165) is 30.9 Å². The van der Waals surface area contributed by atoms with E-state index in [9.17, 15) is 9.59 Å². The number of imidazole rings is 2. The average Bonchev–Trinajstić information content (AvgIpc) is 3.28.